The fraction of sp³-hybridized carbons (Fsp3) is 0.941. The number of ether oxygens (including phenoxy) is 6. The Balaban J connectivity index is 1.56. The highest BCUT2D eigenvalue weighted by Gasteiger charge is 2.59. The van der Waals surface area contributed by atoms with E-state index in [4.69, 9.17) is 34.2 Å². The molecule has 11 nitrogen and oxygen atoms in total. The van der Waals surface area contributed by atoms with E-state index in [0.29, 0.717) is 46.2 Å². The molecule has 5 atom stereocenters. The van der Waals surface area contributed by atoms with Crippen LogP contribution in [0, 0.1) is 0 Å². The second kappa shape index (κ2) is 12.0. The molecule has 2 rings (SSSR count). The highest BCUT2D eigenvalue weighted by Crippen LogP contribution is 2.37. The van der Waals surface area contributed by atoms with E-state index in [1.165, 1.54) is 6.92 Å². The van der Waals surface area contributed by atoms with Crippen molar-refractivity contribution in [3.05, 3.63) is 0 Å². The van der Waals surface area contributed by atoms with Gasteiger partial charge in [0.2, 0.25) is 5.91 Å². The van der Waals surface area contributed by atoms with E-state index in [-0.39, 0.29) is 25.7 Å². The molecule has 5 N–H and O–H groups in total. The van der Waals surface area contributed by atoms with Gasteiger partial charge in [0, 0.05) is 13.5 Å². The van der Waals surface area contributed by atoms with Crippen molar-refractivity contribution in [2.45, 2.75) is 37.1 Å². The van der Waals surface area contributed by atoms with Gasteiger partial charge in [-0.15, -0.1) is 0 Å². The monoisotopic (exact) mass is 408 g/mol. The summed E-state index contributed by atoms with van der Waals surface area (Å²) in [5, 5.41) is 23.3. The van der Waals surface area contributed by atoms with E-state index >= 15 is 0 Å². The van der Waals surface area contributed by atoms with Crippen molar-refractivity contribution in [2.24, 2.45) is 5.73 Å². The Kier molecular flexibility index (Phi) is 9.99. The first-order chi connectivity index (χ1) is 13.5. The molecule has 0 aliphatic carbocycles. The van der Waals surface area contributed by atoms with E-state index < -0.39 is 30.1 Å². The SMILES string of the molecule is CC(=O)NC1C2OCC(COCCOCCOCCOCCN)(O2)C(O)C1O. The molecule has 0 aromatic rings. The van der Waals surface area contributed by atoms with Crippen LogP contribution >= 0.6 is 0 Å². The Morgan fingerprint density at radius 2 is 1.64 bits per heavy atom. The average Bonchev–Trinajstić information content (AvgIpc) is 3.07. The van der Waals surface area contributed by atoms with Crippen molar-refractivity contribution in [1.29, 1.82) is 0 Å². The van der Waals surface area contributed by atoms with Crippen molar-refractivity contribution in [3.63, 3.8) is 0 Å². The van der Waals surface area contributed by atoms with Crippen LogP contribution in [0.15, 0.2) is 0 Å². The minimum Gasteiger partial charge on any atom is -0.388 e. The lowest BCUT2D eigenvalue weighted by molar-refractivity contribution is -0.238. The van der Waals surface area contributed by atoms with E-state index in [1.807, 2.05) is 0 Å². The number of fused-ring (bicyclic) bond motifs is 2. The van der Waals surface area contributed by atoms with Gasteiger partial charge < -0.3 is 49.7 Å². The molecule has 164 valence electrons. The molecule has 0 spiro atoms. The zero-order valence-corrected chi connectivity index (χ0v) is 16.2. The first kappa shape index (κ1) is 23.4. The number of carbonyl (C=O) groups excluding carboxylic acids is 1. The Bertz CT molecular complexity index is 470. The summed E-state index contributed by atoms with van der Waals surface area (Å²) in [7, 11) is 0. The number of hydrogen-bond acceptors (Lipinski definition) is 10. The summed E-state index contributed by atoms with van der Waals surface area (Å²) in [6.45, 7) is 4.93. The van der Waals surface area contributed by atoms with Crippen LogP contribution in [0.2, 0.25) is 0 Å². The molecule has 2 aliphatic rings. The van der Waals surface area contributed by atoms with Crippen molar-refractivity contribution < 1.29 is 43.4 Å². The zero-order chi connectivity index (χ0) is 20.4. The van der Waals surface area contributed by atoms with Gasteiger partial charge in [-0.05, 0) is 0 Å². The largest absolute Gasteiger partial charge is 0.388 e. The number of rotatable bonds is 14. The van der Waals surface area contributed by atoms with Crippen molar-refractivity contribution in [1.82, 2.24) is 5.32 Å². The molecule has 2 saturated heterocycles. The molecule has 0 saturated carbocycles. The van der Waals surface area contributed by atoms with Crippen LogP contribution in [-0.2, 0) is 33.2 Å². The standard InChI is InChI=1S/C17H32N2O9/c1-12(20)19-13-14(21)15(22)17(11-27-16(13)28-17)10-26-9-8-25-7-6-24-5-4-23-3-2-18/h13-16,21-22H,2-11,18H2,1H3,(H,19,20). The van der Waals surface area contributed by atoms with E-state index in [1.54, 1.807) is 0 Å². The fourth-order valence-electron chi connectivity index (χ4n) is 3.06. The molecule has 0 aromatic carbocycles. The second-order valence-corrected chi connectivity index (χ2v) is 6.70. The highest BCUT2D eigenvalue weighted by atomic mass is 16.8. The molecule has 5 unspecified atom stereocenters. The Morgan fingerprint density at radius 1 is 1.07 bits per heavy atom. The molecule has 2 aliphatic heterocycles. The van der Waals surface area contributed by atoms with Crippen LogP contribution in [0.5, 0.6) is 0 Å². The van der Waals surface area contributed by atoms with Gasteiger partial charge in [-0.1, -0.05) is 0 Å². The number of nitrogens with two attached hydrogens (primary N) is 1. The van der Waals surface area contributed by atoms with Gasteiger partial charge in [-0.2, -0.15) is 0 Å². The number of carbonyl (C=O) groups is 1. The average molecular weight is 408 g/mol. The number of aliphatic hydroxyl groups excluding tert-OH is 2. The van der Waals surface area contributed by atoms with E-state index in [0.717, 1.165) is 0 Å². The Labute approximate surface area is 164 Å². The molecule has 2 fully saturated rings. The van der Waals surface area contributed by atoms with Crippen LogP contribution in [-0.4, -0.2) is 112 Å². The minimum absolute atomic E-state index is 0.0346. The second-order valence-electron chi connectivity index (χ2n) is 6.70. The van der Waals surface area contributed by atoms with Crippen LogP contribution in [0.3, 0.4) is 0 Å². The van der Waals surface area contributed by atoms with Crippen LogP contribution < -0.4 is 11.1 Å². The minimum atomic E-state index is -1.25. The van der Waals surface area contributed by atoms with Gasteiger partial charge in [-0.3, -0.25) is 4.79 Å². The maximum absolute atomic E-state index is 11.2. The summed E-state index contributed by atoms with van der Waals surface area (Å²) in [4.78, 5) is 11.2. The molecule has 1 amide bonds. The van der Waals surface area contributed by atoms with Gasteiger partial charge >= 0.3 is 0 Å². The van der Waals surface area contributed by atoms with Crippen LogP contribution in [0.1, 0.15) is 6.92 Å². The molecular formula is C17H32N2O9. The Morgan fingerprint density at radius 3 is 2.21 bits per heavy atom. The van der Waals surface area contributed by atoms with Crippen molar-refractivity contribution in [2.75, 3.05) is 66.0 Å². The normalized spacial score (nSPS) is 31.9. The third-order valence-corrected chi connectivity index (χ3v) is 4.46. The summed E-state index contributed by atoms with van der Waals surface area (Å²) in [6.07, 6.45) is -3.29. The summed E-state index contributed by atoms with van der Waals surface area (Å²) >= 11 is 0. The van der Waals surface area contributed by atoms with Gasteiger partial charge in [0.25, 0.3) is 0 Å². The maximum atomic E-state index is 11.2. The van der Waals surface area contributed by atoms with E-state index in [9.17, 15) is 15.0 Å². The smallest absolute Gasteiger partial charge is 0.217 e. The topological polar surface area (TPSA) is 151 Å². The van der Waals surface area contributed by atoms with Gasteiger partial charge in [-0.25, -0.2) is 0 Å². The van der Waals surface area contributed by atoms with Crippen molar-refractivity contribution >= 4 is 5.91 Å². The summed E-state index contributed by atoms with van der Waals surface area (Å²) in [5.74, 6) is -0.344. The number of nitrogens with one attached hydrogen (secondary N) is 1. The molecular weight excluding hydrogens is 376 g/mol. The molecule has 28 heavy (non-hydrogen) atoms. The third kappa shape index (κ3) is 6.58. The van der Waals surface area contributed by atoms with Crippen LogP contribution in [0.25, 0.3) is 0 Å². The molecule has 0 aromatic heterocycles. The number of amides is 1. The lowest BCUT2D eigenvalue weighted by Gasteiger charge is -2.42. The maximum Gasteiger partial charge on any atom is 0.217 e. The lowest BCUT2D eigenvalue weighted by Crippen LogP contribution is -2.66. The Hall–Kier alpha value is -0.890. The lowest BCUT2D eigenvalue weighted by atomic mass is 9.88. The van der Waals surface area contributed by atoms with Crippen molar-refractivity contribution in [3.8, 4) is 0 Å². The molecule has 11 heteroatoms. The van der Waals surface area contributed by atoms with Gasteiger partial charge in [0.15, 0.2) is 6.29 Å². The predicted molar refractivity (Wildman–Crippen MR) is 95.5 cm³/mol. The van der Waals surface area contributed by atoms with E-state index in [2.05, 4.69) is 5.32 Å². The quantitative estimate of drug-likeness (QED) is 0.225. The van der Waals surface area contributed by atoms with Crippen LogP contribution in [0.4, 0.5) is 0 Å². The fourth-order valence-corrected chi connectivity index (χ4v) is 3.06. The molecule has 2 bridgehead atoms. The number of aliphatic hydroxyl groups is 2. The van der Waals surface area contributed by atoms with Gasteiger partial charge in [0.1, 0.15) is 23.9 Å². The summed E-state index contributed by atoms with van der Waals surface area (Å²) < 4.78 is 32.7. The third-order valence-electron chi connectivity index (χ3n) is 4.46. The molecule has 0 radical (unpaired) electrons. The predicted octanol–water partition coefficient (Wildman–Crippen LogP) is -2.64. The first-order valence-corrected chi connectivity index (χ1v) is 9.44. The molecule has 2 heterocycles. The summed E-state index contributed by atoms with van der Waals surface area (Å²) in [6, 6.07) is -0.827. The summed E-state index contributed by atoms with van der Waals surface area (Å²) in [5.41, 5.74) is 4.14. The van der Waals surface area contributed by atoms with Gasteiger partial charge in [0.05, 0.1) is 59.5 Å². The zero-order valence-electron chi connectivity index (χ0n) is 16.2. The highest BCUT2D eigenvalue weighted by molar-refractivity contribution is 5.73. The first-order valence-electron chi connectivity index (χ1n) is 9.44. The number of hydrogen-bond donors (Lipinski definition) is 4.